The number of nitro groups is 1. The topological polar surface area (TPSA) is 43.1 Å². The van der Waals surface area contributed by atoms with Crippen LogP contribution in [0.1, 0.15) is 78.1 Å². The lowest BCUT2D eigenvalue weighted by Crippen LogP contribution is -2.53. The van der Waals surface area contributed by atoms with E-state index < -0.39 is 0 Å². The van der Waals surface area contributed by atoms with Crippen molar-refractivity contribution in [1.82, 2.24) is 0 Å². The molecule has 4 aliphatic rings. The fraction of sp³-hybridized carbons (Fsp3) is 1.00. The normalized spacial score (nSPS) is 54.2. The summed E-state index contributed by atoms with van der Waals surface area (Å²) in [5.41, 5.74) is 1.03. The molecule has 3 heteroatoms. The first-order chi connectivity index (χ1) is 10.4. The van der Waals surface area contributed by atoms with Crippen LogP contribution >= 0.6 is 0 Å². The molecule has 0 spiro atoms. The standard InChI is InChI=1S/C19H31NO2/c1-18-9-3-4-16(18)15-6-5-13-12-14(20(21)22)7-11-19(13,2)17(15)8-10-18/h13-17H,3-12H2,1-2H3/t13?,14-,15?,16?,17?,18-,19-/m0/s1. The van der Waals surface area contributed by atoms with Crippen LogP contribution in [0.4, 0.5) is 0 Å². The molecule has 0 aromatic carbocycles. The largest absolute Gasteiger partial charge is 0.264 e. The Kier molecular flexibility index (Phi) is 3.36. The van der Waals surface area contributed by atoms with Crippen molar-refractivity contribution in [2.45, 2.75) is 84.1 Å². The van der Waals surface area contributed by atoms with Crippen molar-refractivity contribution in [3.8, 4) is 0 Å². The fourth-order valence-corrected chi connectivity index (χ4v) is 7.42. The van der Waals surface area contributed by atoms with Gasteiger partial charge in [-0.1, -0.05) is 20.3 Å². The highest BCUT2D eigenvalue weighted by Crippen LogP contribution is 2.66. The Morgan fingerprint density at radius 2 is 1.77 bits per heavy atom. The highest BCUT2D eigenvalue weighted by molar-refractivity contribution is 5.07. The minimum atomic E-state index is -0.255. The number of nitrogens with zero attached hydrogens (tertiary/aromatic N) is 1. The van der Waals surface area contributed by atoms with E-state index in [4.69, 9.17) is 0 Å². The van der Waals surface area contributed by atoms with Gasteiger partial charge in [0.1, 0.15) is 0 Å². The van der Waals surface area contributed by atoms with Crippen molar-refractivity contribution in [2.75, 3.05) is 0 Å². The summed E-state index contributed by atoms with van der Waals surface area (Å²) < 4.78 is 0. The first-order valence-electron chi connectivity index (χ1n) is 9.57. The zero-order valence-electron chi connectivity index (χ0n) is 14.2. The lowest BCUT2D eigenvalue weighted by Gasteiger charge is -2.60. The number of fused-ring (bicyclic) bond motifs is 5. The second-order valence-electron chi connectivity index (χ2n) is 9.46. The predicted octanol–water partition coefficient (Wildman–Crippen LogP) is 5.06. The smallest absolute Gasteiger partial charge is 0.213 e. The van der Waals surface area contributed by atoms with Crippen LogP contribution in [0, 0.1) is 44.6 Å². The summed E-state index contributed by atoms with van der Waals surface area (Å²) in [6, 6.07) is -0.255. The highest BCUT2D eigenvalue weighted by atomic mass is 16.6. The van der Waals surface area contributed by atoms with E-state index in [2.05, 4.69) is 13.8 Å². The molecule has 4 unspecified atom stereocenters. The molecule has 0 aromatic rings. The number of rotatable bonds is 1. The van der Waals surface area contributed by atoms with Crippen LogP contribution in [0.15, 0.2) is 0 Å². The molecule has 0 heterocycles. The summed E-state index contributed by atoms with van der Waals surface area (Å²) in [6.07, 6.45) is 12.6. The zero-order chi connectivity index (χ0) is 15.5. The fourth-order valence-electron chi connectivity index (χ4n) is 7.42. The average Bonchev–Trinajstić information content (AvgIpc) is 2.88. The molecule has 124 valence electrons. The van der Waals surface area contributed by atoms with E-state index in [1.807, 2.05) is 0 Å². The molecule has 22 heavy (non-hydrogen) atoms. The molecular weight excluding hydrogens is 274 g/mol. The SMILES string of the molecule is C[C@@]12CCCC1C1CCC3C[C@@H]([N+](=O)[O-])CC[C@]3(C)C1CC2. The first-order valence-corrected chi connectivity index (χ1v) is 9.57. The van der Waals surface area contributed by atoms with Gasteiger partial charge in [-0.15, -0.1) is 0 Å². The van der Waals surface area contributed by atoms with Gasteiger partial charge in [0, 0.05) is 17.8 Å². The van der Waals surface area contributed by atoms with Gasteiger partial charge >= 0.3 is 0 Å². The molecule has 3 nitrogen and oxygen atoms in total. The third-order valence-electron chi connectivity index (χ3n) is 8.72. The lowest BCUT2D eigenvalue weighted by molar-refractivity contribution is -0.531. The van der Waals surface area contributed by atoms with E-state index in [1.165, 1.54) is 44.9 Å². The van der Waals surface area contributed by atoms with Crippen molar-refractivity contribution < 1.29 is 4.92 Å². The van der Waals surface area contributed by atoms with Gasteiger partial charge in [-0.3, -0.25) is 10.1 Å². The van der Waals surface area contributed by atoms with Crippen LogP contribution in [-0.4, -0.2) is 11.0 Å². The third-order valence-corrected chi connectivity index (χ3v) is 8.72. The van der Waals surface area contributed by atoms with Gasteiger partial charge in [-0.05, 0) is 79.4 Å². The van der Waals surface area contributed by atoms with Gasteiger partial charge in [0.15, 0.2) is 0 Å². The number of hydrogen-bond acceptors (Lipinski definition) is 2. The molecular formula is C19H31NO2. The van der Waals surface area contributed by atoms with Crippen LogP contribution in [0.25, 0.3) is 0 Å². The predicted molar refractivity (Wildman–Crippen MR) is 87.1 cm³/mol. The van der Waals surface area contributed by atoms with E-state index in [0.717, 1.165) is 37.0 Å². The second-order valence-corrected chi connectivity index (χ2v) is 9.46. The number of hydrogen-bond donors (Lipinski definition) is 0. The minimum Gasteiger partial charge on any atom is -0.264 e. The van der Waals surface area contributed by atoms with Crippen molar-refractivity contribution >= 4 is 0 Å². The molecule has 4 rings (SSSR count). The summed E-state index contributed by atoms with van der Waals surface area (Å²) in [7, 11) is 0. The zero-order valence-corrected chi connectivity index (χ0v) is 14.2. The third kappa shape index (κ3) is 1.99. The van der Waals surface area contributed by atoms with Crippen LogP contribution < -0.4 is 0 Å². The summed E-state index contributed by atoms with van der Waals surface area (Å²) in [6.45, 7) is 5.06. The van der Waals surface area contributed by atoms with Crippen LogP contribution in [0.2, 0.25) is 0 Å². The van der Waals surface area contributed by atoms with E-state index in [1.54, 1.807) is 0 Å². The van der Waals surface area contributed by atoms with E-state index in [9.17, 15) is 10.1 Å². The Morgan fingerprint density at radius 1 is 0.955 bits per heavy atom. The molecule has 0 aromatic heterocycles. The lowest BCUT2D eigenvalue weighted by atomic mass is 9.45. The molecule has 4 aliphatic carbocycles. The van der Waals surface area contributed by atoms with Gasteiger partial charge < -0.3 is 0 Å². The Balaban J connectivity index is 1.58. The summed E-state index contributed by atoms with van der Waals surface area (Å²) in [5.74, 6) is 3.35. The maximum Gasteiger partial charge on any atom is 0.213 e. The van der Waals surface area contributed by atoms with E-state index in [0.29, 0.717) is 16.7 Å². The summed E-state index contributed by atoms with van der Waals surface area (Å²) in [4.78, 5) is 11.2. The molecule has 0 saturated heterocycles. The quantitative estimate of drug-likeness (QED) is 0.501. The monoisotopic (exact) mass is 305 g/mol. The van der Waals surface area contributed by atoms with Crippen molar-refractivity contribution in [3.63, 3.8) is 0 Å². The maximum absolute atomic E-state index is 11.2. The van der Waals surface area contributed by atoms with Gasteiger partial charge in [-0.25, -0.2) is 0 Å². The van der Waals surface area contributed by atoms with Gasteiger partial charge in [0.05, 0.1) is 0 Å². The van der Waals surface area contributed by atoms with Crippen LogP contribution in [0.3, 0.4) is 0 Å². The Labute approximate surface area is 134 Å². The Bertz CT molecular complexity index is 478. The molecule has 0 amide bonds. The molecule has 4 fully saturated rings. The molecule has 4 saturated carbocycles. The van der Waals surface area contributed by atoms with Crippen molar-refractivity contribution in [2.24, 2.45) is 34.5 Å². The maximum atomic E-state index is 11.2. The minimum absolute atomic E-state index is 0.000573. The molecule has 0 radical (unpaired) electrons. The summed E-state index contributed by atoms with van der Waals surface area (Å²) >= 11 is 0. The molecule has 0 N–H and O–H groups in total. The highest BCUT2D eigenvalue weighted by Gasteiger charge is 2.58. The Hall–Kier alpha value is -0.600. The molecule has 0 aliphatic heterocycles. The van der Waals surface area contributed by atoms with Gasteiger partial charge in [0.2, 0.25) is 6.04 Å². The van der Waals surface area contributed by atoms with E-state index in [-0.39, 0.29) is 11.0 Å². The molecule has 7 atom stereocenters. The van der Waals surface area contributed by atoms with Crippen LogP contribution in [0.5, 0.6) is 0 Å². The first kappa shape index (κ1) is 15.0. The van der Waals surface area contributed by atoms with E-state index >= 15 is 0 Å². The molecule has 0 bridgehead atoms. The van der Waals surface area contributed by atoms with Crippen molar-refractivity contribution in [3.05, 3.63) is 10.1 Å². The average molecular weight is 305 g/mol. The second kappa shape index (κ2) is 4.95. The van der Waals surface area contributed by atoms with Gasteiger partial charge in [0.25, 0.3) is 0 Å². The Morgan fingerprint density at radius 3 is 2.55 bits per heavy atom. The van der Waals surface area contributed by atoms with Gasteiger partial charge in [-0.2, -0.15) is 0 Å². The summed E-state index contributed by atoms with van der Waals surface area (Å²) in [5, 5.41) is 11.2. The van der Waals surface area contributed by atoms with Crippen LogP contribution in [-0.2, 0) is 0 Å². The van der Waals surface area contributed by atoms with Crippen molar-refractivity contribution in [1.29, 1.82) is 0 Å².